The zero-order valence-electron chi connectivity index (χ0n) is 10.5. The molecule has 3 atom stereocenters. The van der Waals surface area contributed by atoms with Crippen molar-refractivity contribution in [2.24, 2.45) is 11.7 Å². The van der Waals surface area contributed by atoms with Gasteiger partial charge in [0.25, 0.3) is 0 Å². The molecule has 19 heavy (non-hydrogen) atoms. The minimum absolute atomic E-state index is 0.0272. The number of amides is 1. The second-order valence-corrected chi connectivity index (χ2v) is 5.46. The number of carbonyl (C=O) groups is 1. The fraction of sp³-hybridized carbons (Fsp3) is 0.500. The van der Waals surface area contributed by atoms with Gasteiger partial charge in [-0.1, -0.05) is 6.07 Å². The first kappa shape index (κ1) is 12.5. The zero-order chi connectivity index (χ0) is 13.6. The van der Waals surface area contributed by atoms with Crippen LogP contribution in [0.1, 0.15) is 24.3 Å². The first-order valence-electron chi connectivity index (χ1n) is 6.55. The third-order valence-electron chi connectivity index (χ3n) is 4.02. The molecule has 1 aromatic carbocycles. The maximum Gasteiger partial charge on any atom is 0.226 e. The third-order valence-corrected chi connectivity index (χ3v) is 4.02. The number of rotatable bonds is 2. The second kappa shape index (κ2) is 4.56. The number of nitrogens with zero attached hydrogens (tertiary/aromatic N) is 1. The molecule has 0 radical (unpaired) electrons. The molecule has 1 aliphatic carbocycles. The summed E-state index contributed by atoms with van der Waals surface area (Å²) in [4.78, 5) is 14.0. The Kier molecular flexibility index (Phi) is 3.01. The number of carbonyl (C=O) groups excluding carboxylic acids is 1. The van der Waals surface area contributed by atoms with Gasteiger partial charge in [0.2, 0.25) is 5.91 Å². The van der Waals surface area contributed by atoms with Crippen molar-refractivity contribution < 1.29 is 13.6 Å². The molecular weight excluding hydrogens is 250 g/mol. The average Bonchev–Trinajstić information content (AvgIpc) is 3.07. The number of nitrogens with two attached hydrogens (primary N) is 1. The van der Waals surface area contributed by atoms with Crippen molar-refractivity contribution in [2.75, 3.05) is 13.1 Å². The topological polar surface area (TPSA) is 46.3 Å². The third kappa shape index (κ3) is 2.34. The second-order valence-electron chi connectivity index (χ2n) is 5.46. The van der Waals surface area contributed by atoms with Crippen molar-refractivity contribution in [3.63, 3.8) is 0 Å². The molecule has 2 N–H and O–H groups in total. The highest BCUT2D eigenvalue weighted by Crippen LogP contribution is 2.48. The van der Waals surface area contributed by atoms with Gasteiger partial charge in [0.05, 0.1) is 0 Å². The zero-order valence-corrected chi connectivity index (χ0v) is 10.5. The van der Waals surface area contributed by atoms with Crippen LogP contribution in [0.2, 0.25) is 0 Å². The predicted molar refractivity (Wildman–Crippen MR) is 66.4 cm³/mol. The van der Waals surface area contributed by atoms with Gasteiger partial charge >= 0.3 is 0 Å². The highest BCUT2D eigenvalue weighted by molar-refractivity contribution is 5.83. The summed E-state index contributed by atoms with van der Waals surface area (Å²) in [6.07, 6.45) is 1.56. The Hall–Kier alpha value is -1.49. The fourth-order valence-corrected chi connectivity index (χ4v) is 2.80. The van der Waals surface area contributed by atoms with E-state index in [1.807, 2.05) is 0 Å². The molecule has 3 rings (SSSR count). The molecule has 0 aromatic heterocycles. The molecule has 0 unspecified atom stereocenters. The lowest BCUT2D eigenvalue weighted by Crippen LogP contribution is -2.33. The van der Waals surface area contributed by atoms with Gasteiger partial charge in [-0.3, -0.25) is 4.79 Å². The van der Waals surface area contributed by atoms with Crippen LogP contribution in [0.5, 0.6) is 0 Å². The average molecular weight is 266 g/mol. The van der Waals surface area contributed by atoms with Crippen LogP contribution in [0.15, 0.2) is 18.2 Å². The molecule has 1 saturated heterocycles. The number of hydrogen-bond donors (Lipinski definition) is 1. The lowest BCUT2D eigenvalue weighted by Gasteiger charge is -2.15. The predicted octanol–water partition coefficient (Wildman–Crippen LogP) is 1.63. The maximum absolute atomic E-state index is 13.2. The largest absolute Gasteiger partial charge is 0.341 e. The van der Waals surface area contributed by atoms with E-state index in [-0.39, 0.29) is 23.8 Å². The van der Waals surface area contributed by atoms with Crippen LogP contribution in [0, 0.1) is 17.6 Å². The molecule has 1 amide bonds. The van der Waals surface area contributed by atoms with E-state index >= 15 is 0 Å². The summed E-state index contributed by atoms with van der Waals surface area (Å²) in [7, 11) is 0. The van der Waals surface area contributed by atoms with E-state index in [0.29, 0.717) is 18.7 Å². The molecule has 1 saturated carbocycles. The van der Waals surface area contributed by atoms with Gasteiger partial charge in [0.1, 0.15) is 0 Å². The highest BCUT2D eigenvalue weighted by atomic mass is 19.2. The van der Waals surface area contributed by atoms with E-state index in [4.69, 9.17) is 5.73 Å². The van der Waals surface area contributed by atoms with Crippen LogP contribution in [-0.4, -0.2) is 29.9 Å². The first-order chi connectivity index (χ1) is 9.06. The van der Waals surface area contributed by atoms with Crippen molar-refractivity contribution in [1.29, 1.82) is 0 Å². The smallest absolute Gasteiger partial charge is 0.226 e. The molecule has 0 spiro atoms. The SMILES string of the molecule is N[C@@H]1CCN(C(=O)[C@@H]2C[C@H]2c2ccc(F)c(F)c2)C1. The van der Waals surface area contributed by atoms with Crippen molar-refractivity contribution >= 4 is 5.91 Å². The number of hydrogen-bond acceptors (Lipinski definition) is 2. The minimum atomic E-state index is -0.849. The summed E-state index contributed by atoms with van der Waals surface area (Å²) >= 11 is 0. The van der Waals surface area contributed by atoms with Crippen molar-refractivity contribution in [2.45, 2.75) is 24.8 Å². The standard InChI is InChI=1S/C14H16F2N2O/c15-12-2-1-8(5-13(12)16)10-6-11(10)14(19)18-4-3-9(17)7-18/h1-2,5,9-11H,3-4,6-7,17H2/t9-,10+,11-/m1/s1. The van der Waals surface area contributed by atoms with E-state index < -0.39 is 11.6 Å². The van der Waals surface area contributed by atoms with Crippen LogP contribution in [-0.2, 0) is 4.79 Å². The Morgan fingerprint density at radius 2 is 2.11 bits per heavy atom. The van der Waals surface area contributed by atoms with Gasteiger partial charge in [-0.25, -0.2) is 8.78 Å². The number of halogens is 2. The molecule has 1 heterocycles. The Morgan fingerprint density at radius 1 is 1.32 bits per heavy atom. The normalized spacial score (nSPS) is 29.6. The Balaban J connectivity index is 1.67. The van der Waals surface area contributed by atoms with E-state index in [1.165, 1.54) is 6.07 Å². The van der Waals surface area contributed by atoms with Crippen LogP contribution in [0.25, 0.3) is 0 Å². The Labute approximate surface area is 110 Å². The summed E-state index contributed by atoms with van der Waals surface area (Å²) in [6.45, 7) is 1.32. The van der Waals surface area contributed by atoms with Gasteiger partial charge < -0.3 is 10.6 Å². The van der Waals surface area contributed by atoms with Crippen molar-refractivity contribution in [3.05, 3.63) is 35.4 Å². The lowest BCUT2D eigenvalue weighted by atomic mass is 10.1. The maximum atomic E-state index is 13.2. The van der Waals surface area contributed by atoms with Gasteiger partial charge in [0.15, 0.2) is 11.6 Å². The molecule has 1 aromatic rings. The fourth-order valence-electron chi connectivity index (χ4n) is 2.80. The molecular formula is C14H16F2N2O. The molecule has 102 valence electrons. The van der Waals surface area contributed by atoms with E-state index in [0.717, 1.165) is 18.9 Å². The van der Waals surface area contributed by atoms with Crippen LogP contribution in [0.4, 0.5) is 8.78 Å². The summed E-state index contributed by atoms with van der Waals surface area (Å²) in [5, 5.41) is 0. The number of likely N-dealkylation sites (tertiary alicyclic amines) is 1. The molecule has 1 aliphatic heterocycles. The van der Waals surface area contributed by atoms with Gasteiger partial charge in [0, 0.05) is 25.0 Å². The van der Waals surface area contributed by atoms with Gasteiger partial charge in [-0.05, 0) is 36.5 Å². The van der Waals surface area contributed by atoms with Crippen LogP contribution in [0.3, 0.4) is 0 Å². The van der Waals surface area contributed by atoms with Gasteiger partial charge in [-0.15, -0.1) is 0 Å². The Morgan fingerprint density at radius 3 is 2.74 bits per heavy atom. The van der Waals surface area contributed by atoms with Crippen molar-refractivity contribution in [3.8, 4) is 0 Å². The monoisotopic (exact) mass is 266 g/mol. The quantitative estimate of drug-likeness (QED) is 0.884. The summed E-state index contributed by atoms with van der Waals surface area (Å²) in [5.41, 5.74) is 6.49. The number of benzene rings is 1. The summed E-state index contributed by atoms with van der Waals surface area (Å²) in [5.74, 6) is -1.66. The van der Waals surface area contributed by atoms with Crippen LogP contribution < -0.4 is 5.73 Å². The van der Waals surface area contributed by atoms with E-state index in [1.54, 1.807) is 11.0 Å². The Bertz CT molecular complexity index is 520. The van der Waals surface area contributed by atoms with Gasteiger partial charge in [-0.2, -0.15) is 0 Å². The summed E-state index contributed by atoms with van der Waals surface area (Å²) in [6, 6.07) is 3.95. The molecule has 3 nitrogen and oxygen atoms in total. The van der Waals surface area contributed by atoms with Crippen LogP contribution >= 0.6 is 0 Å². The molecule has 2 aliphatic rings. The van der Waals surface area contributed by atoms with E-state index in [2.05, 4.69) is 0 Å². The highest BCUT2D eigenvalue weighted by Gasteiger charge is 2.46. The first-order valence-corrected chi connectivity index (χ1v) is 6.55. The van der Waals surface area contributed by atoms with Crippen molar-refractivity contribution in [1.82, 2.24) is 4.90 Å². The lowest BCUT2D eigenvalue weighted by molar-refractivity contribution is -0.131. The minimum Gasteiger partial charge on any atom is -0.341 e. The van der Waals surface area contributed by atoms with E-state index in [9.17, 15) is 13.6 Å². The molecule has 5 heteroatoms. The summed E-state index contributed by atoms with van der Waals surface area (Å²) < 4.78 is 26.0. The molecule has 2 fully saturated rings. The molecule has 0 bridgehead atoms.